The number of nitrogens with one attached hydrogen (secondary N) is 1. The Morgan fingerprint density at radius 3 is 2.76 bits per heavy atom. The predicted molar refractivity (Wildman–Crippen MR) is 86.6 cm³/mol. The Balaban J connectivity index is 1.87. The van der Waals surface area contributed by atoms with Crippen molar-refractivity contribution in [3.05, 3.63) is 58.1 Å². The molecular weight excluding hydrogens is 352 g/mol. The molecular formula is C15H15BrN2O2S. The van der Waals surface area contributed by atoms with Gasteiger partial charge in [0.15, 0.2) is 0 Å². The lowest BCUT2D eigenvalue weighted by atomic mass is 10.1. The van der Waals surface area contributed by atoms with Gasteiger partial charge in [0.2, 0.25) is 10.0 Å². The lowest BCUT2D eigenvalue weighted by Crippen LogP contribution is -2.13. The Morgan fingerprint density at radius 2 is 2.00 bits per heavy atom. The zero-order valence-corrected chi connectivity index (χ0v) is 13.6. The van der Waals surface area contributed by atoms with Gasteiger partial charge in [-0.25, -0.2) is 13.6 Å². The molecule has 2 aromatic carbocycles. The van der Waals surface area contributed by atoms with E-state index in [9.17, 15) is 8.42 Å². The van der Waals surface area contributed by atoms with Crippen LogP contribution in [-0.2, 0) is 16.4 Å². The molecule has 0 saturated heterocycles. The van der Waals surface area contributed by atoms with Crippen LogP contribution in [0.5, 0.6) is 0 Å². The van der Waals surface area contributed by atoms with Gasteiger partial charge in [-0.1, -0.05) is 28.1 Å². The molecule has 1 aliphatic carbocycles. The van der Waals surface area contributed by atoms with E-state index in [0.29, 0.717) is 0 Å². The minimum atomic E-state index is -3.67. The molecule has 0 fully saturated rings. The van der Waals surface area contributed by atoms with E-state index in [2.05, 4.69) is 33.4 Å². The van der Waals surface area contributed by atoms with Gasteiger partial charge in [0.1, 0.15) is 0 Å². The van der Waals surface area contributed by atoms with Crippen LogP contribution >= 0.6 is 15.9 Å². The van der Waals surface area contributed by atoms with E-state index >= 15 is 0 Å². The summed E-state index contributed by atoms with van der Waals surface area (Å²) < 4.78 is 23.9. The van der Waals surface area contributed by atoms with Crippen LogP contribution < -0.4 is 10.5 Å². The van der Waals surface area contributed by atoms with Crippen LogP contribution in [0.3, 0.4) is 0 Å². The number of fused-ring (bicyclic) bond motifs is 1. The first-order chi connectivity index (χ1) is 9.93. The van der Waals surface area contributed by atoms with Crippen molar-refractivity contribution < 1.29 is 8.42 Å². The summed E-state index contributed by atoms with van der Waals surface area (Å²) in [6.45, 7) is 0. The van der Waals surface area contributed by atoms with Crippen molar-refractivity contribution in [2.24, 2.45) is 5.14 Å². The number of primary sulfonamides is 1. The monoisotopic (exact) mass is 366 g/mol. The zero-order valence-electron chi connectivity index (χ0n) is 11.2. The molecule has 0 radical (unpaired) electrons. The number of sulfonamides is 1. The van der Waals surface area contributed by atoms with Crippen molar-refractivity contribution in [2.75, 3.05) is 5.32 Å². The molecule has 0 amide bonds. The molecule has 2 aromatic rings. The molecule has 110 valence electrons. The van der Waals surface area contributed by atoms with Crippen molar-refractivity contribution in [2.45, 2.75) is 23.8 Å². The number of anilines is 1. The number of nitrogens with two attached hydrogens (primary N) is 1. The molecule has 0 spiro atoms. The van der Waals surface area contributed by atoms with Gasteiger partial charge in [0, 0.05) is 10.2 Å². The third-order valence-electron chi connectivity index (χ3n) is 3.69. The second kappa shape index (κ2) is 5.44. The molecule has 1 atom stereocenters. The average Bonchev–Trinajstić information content (AvgIpc) is 2.80. The van der Waals surface area contributed by atoms with Crippen LogP contribution in [0.15, 0.2) is 51.8 Å². The van der Waals surface area contributed by atoms with E-state index in [-0.39, 0.29) is 10.9 Å². The van der Waals surface area contributed by atoms with Crippen LogP contribution in [0.4, 0.5) is 5.69 Å². The fourth-order valence-corrected chi connectivity index (χ4v) is 3.67. The van der Waals surface area contributed by atoms with Gasteiger partial charge in [-0.05, 0) is 54.3 Å². The molecule has 4 nitrogen and oxygen atoms in total. The van der Waals surface area contributed by atoms with E-state index in [0.717, 1.165) is 23.0 Å². The maximum absolute atomic E-state index is 11.4. The summed E-state index contributed by atoms with van der Waals surface area (Å²) >= 11 is 3.48. The Hall–Kier alpha value is -1.37. The third kappa shape index (κ3) is 3.12. The van der Waals surface area contributed by atoms with E-state index in [1.807, 2.05) is 12.1 Å². The Labute approximate surface area is 132 Å². The van der Waals surface area contributed by atoms with Crippen LogP contribution in [0.25, 0.3) is 0 Å². The third-order valence-corrected chi connectivity index (χ3v) is 5.09. The minimum absolute atomic E-state index is 0.126. The van der Waals surface area contributed by atoms with Crippen molar-refractivity contribution in [3.63, 3.8) is 0 Å². The summed E-state index contributed by atoms with van der Waals surface area (Å²) in [5.41, 5.74) is 3.35. The van der Waals surface area contributed by atoms with E-state index in [1.54, 1.807) is 12.1 Å². The smallest absolute Gasteiger partial charge is 0.238 e. The maximum Gasteiger partial charge on any atom is 0.238 e. The van der Waals surface area contributed by atoms with Gasteiger partial charge in [-0.15, -0.1) is 0 Å². The first kappa shape index (κ1) is 14.6. The standard InChI is InChI=1S/C15H15BrN2O2S/c16-11-5-6-14-10(8-11)4-7-15(14)18-12-2-1-3-13(9-12)21(17,19)20/h1-3,5-6,8-9,15,18H,4,7H2,(H2,17,19,20). The molecule has 0 heterocycles. The SMILES string of the molecule is NS(=O)(=O)c1cccc(NC2CCc3cc(Br)ccc32)c1. The summed E-state index contributed by atoms with van der Waals surface area (Å²) in [4.78, 5) is 0.126. The summed E-state index contributed by atoms with van der Waals surface area (Å²) in [6.07, 6.45) is 2.01. The fraction of sp³-hybridized carbons (Fsp3) is 0.200. The lowest BCUT2D eigenvalue weighted by molar-refractivity contribution is 0.598. The summed E-state index contributed by atoms with van der Waals surface area (Å²) in [6, 6.07) is 13.1. The molecule has 0 bridgehead atoms. The number of rotatable bonds is 3. The molecule has 6 heteroatoms. The molecule has 0 saturated carbocycles. The van der Waals surface area contributed by atoms with Crippen molar-refractivity contribution in [1.29, 1.82) is 0 Å². The van der Waals surface area contributed by atoms with E-state index in [1.165, 1.54) is 17.2 Å². The zero-order chi connectivity index (χ0) is 15.0. The Kier molecular flexibility index (Phi) is 3.77. The van der Waals surface area contributed by atoms with Gasteiger partial charge < -0.3 is 5.32 Å². The predicted octanol–water partition coefficient (Wildman–Crippen LogP) is 3.20. The number of aryl methyl sites for hydroxylation is 1. The van der Waals surface area contributed by atoms with Gasteiger partial charge in [-0.2, -0.15) is 0 Å². The van der Waals surface area contributed by atoms with Crippen molar-refractivity contribution >= 4 is 31.6 Å². The Bertz CT molecular complexity index is 790. The summed E-state index contributed by atoms with van der Waals surface area (Å²) in [5, 5.41) is 8.56. The van der Waals surface area contributed by atoms with Crippen LogP contribution in [0, 0.1) is 0 Å². The molecule has 1 unspecified atom stereocenters. The summed E-state index contributed by atoms with van der Waals surface area (Å²) in [5.74, 6) is 0. The molecule has 1 aliphatic rings. The molecule has 0 aliphatic heterocycles. The minimum Gasteiger partial charge on any atom is -0.378 e. The van der Waals surface area contributed by atoms with E-state index in [4.69, 9.17) is 5.14 Å². The number of hydrogen-bond donors (Lipinski definition) is 2. The van der Waals surface area contributed by atoms with Gasteiger partial charge >= 0.3 is 0 Å². The largest absolute Gasteiger partial charge is 0.378 e. The highest BCUT2D eigenvalue weighted by Gasteiger charge is 2.22. The number of benzene rings is 2. The maximum atomic E-state index is 11.4. The number of hydrogen-bond acceptors (Lipinski definition) is 3. The van der Waals surface area contributed by atoms with Gasteiger partial charge in [-0.3, -0.25) is 0 Å². The molecule has 0 aromatic heterocycles. The number of halogens is 1. The average molecular weight is 367 g/mol. The van der Waals surface area contributed by atoms with Crippen LogP contribution in [0.2, 0.25) is 0 Å². The second-order valence-electron chi connectivity index (χ2n) is 5.15. The summed E-state index contributed by atoms with van der Waals surface area (Å²) in [7, 11) is -3.67. The van der Waals surface area contributed by atoms with Crippen LogP contribution in [-0.4, -0.2) is 8.42 Å². The first-order valence-electron chi connectivity index (χ1n) is 6.61. The first-order valence-corrected chi connectivity index (χ1v) is 8.95. The van der Waals surface area contributed by atoms with E-state index < -0.39 is 10.0 Å². The second-order valence-corrected chi connectivity index (χ2v) is 7.63. The molecule has 3 N–H and O–H groups in total. The highest BCUT2D eigenvalue weighted by molar-refractivity contribution is 9.10. The Morgan fingerprint density at radius 1 is 1.19 bits per heavy atom. The van der Waals surface area contributed by atoms with Crippen molar-refractivity contribution in [3.8, 4) is 0 Å². The van der Waals surface area contributed by atoms with Crippen LogP contribution in [0.1, 0.15) is 23.6 Å². The lowest BCUT2D eigenvalue weighted by Gasteiger charge is -2.16. The fourth-order valence-electron chi connectivity index (χ4n) is 2.70. The topological polar surface area (TPSA) is 72.2 Å². The normalized spacial score (nSPS) is 17.5. The van der Waals surface area contributed by atoms with Gasteiger partial charge in [0.25, 0.3) is 0 Å². The molecule has 3 rings (SSSR count). The molecule has 21 heavy (non-hydrogen) atoms. The van der Waals surface area contributed by atoms with Gasteiger partial charge in [0.05, 0.1) is 10.9 Å². The quantitative estimate of drug-likeness (QED) is 0.875. The highest BCUT2D eigenvalue weighted by Crippen LogP contribution is 2.35. The highest BCUT2D eigenvalue weighted by atomic mass is 79.9. The van der Waals surface area contributed by atoms with Crippen molar-refractivity contribution in [1.82, 2.24) is 0 Å².